The number of esters is 1. The molecule has 0 aliphatic carbocycles. The Morgan fingerprint density at radius 1 is 1.38 bits per heavy atom. The lowest BCUT2D eigenvalue weighted by molar-refractivity contribution is -0.149. The van der Waals surface area contributed by atoms with Crippen LogP contribution in [0.25, 0.3) is 11.0 Å². The van der Waals surface area contributed by atoms with E-state index < -0.39 is 0 Å². The smallest absolute Gasteiger partial charge is 0.310 e. The van der Waals surface area contributed by atoms with Crippen molar-refractivity contribution in [3.63, 3.8) is 0 Å². The minimum absolute atomic E-state index is 0.0804. The minimum Gasteiger partial charge on any atom is -0.466 e. The summed E-state index contributed by atoms with van der Waals surface area (Å²) >= 11 is 0. The van der Waals surface area contributed by atoms with Crippen molar-refractivity contribution in [3.05, 3.63) is 23.5 Å². The molecule has 1 saturated heterocycles. The van der Waals surface area contributed by atoms with Crippen LogP contribution in [-0.4, -0.2) is 51.2 Å². The van der Waals surface area contributed by atoms with Gasteiger partial charge in [-0.25, -0.2) is 9.67 Å². The molecular formula is C19H26N4O3. The molecule has 1 amide bonds. The van der Waals surface area contributed by atoms with Gasteiger partial charge in [-0.3, -0.25) is 9.59 Å². The number of amides is 1. The molecule has 0 N–H and O–H groups in total. The first kappa shape index (κ1) is 18.4. The summed E-state index contributed by atoms with van der Waals surface area (Å²) in [6, 6.07) is 2.06. The number of aromatic nitrogens is 3. The quantitative estimate of drug-likeness (QED) is 0.786. The molecule has 2 aromatic heterocycles. The molecule has 7 nitrogen and oxygen atoms in total. The Kier molecular flexibility index (Phi) is 5.25. The lowest BCUT2D eigenvalue weighted by Gasteiger charge is -2.31. The van der Waals surface area contributed by atoms with Crippen molar-refractivity contribution in [1.29, 1.82) is 0 Å². The van der Waals surface area contributed by atoms with Gasteiger partial charge < -0.3 is 9.64 Å². The van der Waals surface area contributed by atoms with Crippen LogP contribution in [0, 0.1) is 12.8 Å². The molecule has 0 unspecified atom stereocenters. The number of carbonyl (C=O) groups excluding carboxylic acids is 2. The van der Waals surface area contributed by atoms with Gasteiger partial charge in [0.15, 0.2) is 5.65 Å². The Labute approximate surface area is 153 Å². The van der Waals surface area contributed by atoms with Crippen LogP contribution >= 0.6 is 0 Å². The van der Waals surface area contributed by atoms with Crippen LogP contribution in [-0.2, 0) is 9.53 Å². The lowest BCUT2D eigenvalue weighted by Crippen LogP contribution is -2.43. The number of fused-ring (bicyclic) bond motifs is 1. The molecule has 2 aromatic rings. The molecule has 0 saturated carbocycles. The Hall–Kier alpha value is -2.44. The number of hydrogen-bond acceptors (Lipinski definition) is 5. The summed E-state index contributed by atoms with van der Waals surface area (Å²) < 4.78 is 6.98. The van der Waals surface area contributed by atoms with Crippen LogP contribution in [0.15, 0.2) is 12.3 Å². The molecule has 1 fully saturated rings. The summed E-state index contributed by atoms with van der Waals surface area (Å²) in [5.74, 6) is -0.537. The third-order valence-corrected chi connectivity index (χ3v) is 4.81. The van der Waals surface area contributed by atoms with Gasteiger partial charge in [0.1, 0.15) is 0 Å². The van der Waals surface area contributed by atoms with E-state index in [-0.39, 0.29) is 23.8 Å². The van der Waals surface area contributed by atoms with Crippen LogP contribution in [0.3, 0.4) is 0 Å². The molecule has 0 spiro atoms. The van der Waals surface area contributed by atoms with Crippen LogP contribution in [0.4, 0.5) is 0 Å². The average Bonchev–Trinajstić information content (AvgIpc) is 3.03. The molecule has 0 radical (unpaired) electrons. The fourth-order valence-electron chi connectivity index (χ4n) is 3.44. The first-order valence-corrected chi connectivity index (χ1v) is 9.23. The zero-order valence-corrected chi connectivity index (χ0v) is 15.9. The summed E-state index contributed by atoms with van der Waals surface area (Å²) in [6.45, 7) is 9.15. The fourth-order valence-corrected chi connectivity index (χ4v) is 3.44. The number of carbonyl (C=O) groups is 2. The highest BCUT2D eigenvalue weighted by atomic mass is 16.5. The van der Waals surface area contributed by atoms with Crippen molar-refractivity contribution in [2.45, 2.75) is 46.6 Å². The van der Waals surface area contributed by atoms with Crippen molar-refractivity contribution < 1.29 is 14.3 Å². The van der Waals surface area contributed by atoms with Gasteiger partial charge in [-0.1, -0.05) is 0 Å². The monoisotopic (exact) mass is 358 g/mol. The normalized spacial score (nSPS) is 17.7. The molecule has 0 aromatic carbocycles. The predicted molar refractivity (Wildman–Crippen MR) is 97.9 cm³/mol. The van der Waals surface area contributed by atoms with Gasteiger partial charge in [0, 0.05) is 24.5 Å². The lowest BCUT2D eigenvalue weighted by atomic mass is 9.97. The molecule has 140 valence electrons. The van der Waals surface area contributed by atoms with E-state index in [1.807, 2.05) is 31.5 Å². The van der Waals surface area contributed by atoms with Crippen molar-refractivity contribution in [1.82, 2.24) is 19.7 Å². The third kappa shape index (κ3) is 3.43. The van der Waals surface area contributed by atoms with Crippen molar-refractivity contribution >= 4 is 22.9 Å². The highest BCUT2D eigenvalue weighted by molar-refractivity contribution is 5.98. The summed E-state index contributed by atoms with van der Waals surface area (Å²) in [5.41, 5.74) is 2.05. The maximum atomic E-state index is 13.0. The SMILES string of the molecule is CCOC(=O)[C@@H]1CCCN(C(=O)c2cc3cnn(C(C)C)c3nc2C)C1. The Bertz CT molecular complexity index is 828. The maximum Gasteiger partial charge on any atom is 0.310 e. The largest absolute Gasteiger partial charge is 0.466 e. The average molecular weight is 358 g/mol. The van der Waals surface area contributed by atoms with E-state index in [1.54, 1.807) is 18.0 Å². The van der Waals surface area contributed by atoms with Crippen LogP contribution < -0.4 is 0 Å². The van der Waals surface area contributed by atoms with Gasteiger partial charge in [0.05, 0.1) is 30.0 Å². The highest BCUT2D eigenvalue weighted by Gasteiger charge is 2.30. The predicted octanol–water partition coefficient (Wildman–Crippen LogP) is 2.74. The molecule has 1 aliphatic heterocycles. The van der Waals surface area contributed by atoms with E-state index in [1.165, 1.54) is 0 Å². The van der Waals surface area contributed by atoms with Gasteiger partial charge in [-0.15, -0.1) is 0 Å². The summed E-state index contributed by atoms with van der Waals surface area (Å²) in [7, 11) is 0. The number of aryl methyl sites for hydroxylation is 1. The van der Waals surface area contributed by atoms with E-state index >= 15 is 0 Å². The van der Waals surface area contributed by atoms with Crippen molar-refractivity contribution in [2.75, 3.05) is 19.7 Å². The number of ether oxygens (including phenoxy) is 1. The standard InChI is InChI=1S/C19H26N4O3/c1-5-26-19(25)14-7-6-8-22(11-14)18(24)16-9-15-10-20-23(12(2)3)17(15)21-13(16)4/h9-10,12,14H,5-8,11H2,1-4H3/t14-/m1/s1. The third-order valence-electron chi connectivity index (χ3n) is 4.81. The maximum absolute atomic E-state index is 13.0. The van der Waals surface area contributed by atoms with E-state index in [0.717, 1.165) is 23.9 Å². The number of pyridine rings is 1. The van der Waals surface area contributed by atoms with Gasteiger partial charge in [-0.2, -0.15) is 5.10 Å². The molecule has 3 rings (SSSR count). The molecule has 0 bridgehead atoms. The van der Waals surface area contributed by atoms with E-state index in [0.29, 0.717) is 31.0 Å². The molecule has 1 atom stereocenters. The Morgan fingerprint density at radius 3 is 2.85 bits per heavy atom. The van der Waals surface area contributed by atoms with Gasteiger partial charge in [-0.05, 0) is 46.6 Å². The zero-order valence-electron chi connectivity index (χ0n) is 15.9. The van der Waals surface area contributed by atoms with Crippen LogP contribution in [0.5, 0.6) is 0 Å². The van der Waals surface area contributed by atoms with Gasteiger partial charge >= 0.3 is 5.97 Å². The summed E-state index contributed by atoms with van der Waals surface area (Å²) in [6.07, 6.45) is 3.31. The topological polar surface area (TPSA) is 77.3 Å². The van der Waals surface area contributed by atoms with Crippen molar-refractivity contribution in [2.24, 2.45) is 5.92 Å². The molecule has 1 aliphatic rings. The summed E-state index contributed by atoms with van der Waals surface area (Å²) in [5, 5.41) is 5.23. The zero-order chi connectivity index (χ0) is 18.8. The Balaban J connectivity index is 1.85. The second kappa shape index (κ2) is 7.43. The second-order valence-corrected chi connectivity index (χ2v) is 7.06. The first-order chi connectivity index (χ1) is 12.4. The number of rotatable bonds is 4. The number of hydrogen-bond donors (Lipinski definition) is 0. The highest BCUT2D eigenvalue weighted by Crippen LogP contribution is 2.23. The molecule has 26 heavy (non-hydrogen) atoms. The second-order valence-electron chi connectivity index (χ2n) is 7.06. The van der Waals surface area contributed by atoms with Crippen LogP contribution in [0.2, 0.25) is 0 Å². The van der Waals surface area contributed by atoms with Gasteiger partial charge in [0.25, 0.3) is 5.91 Å². The Morgan fingerprint density at radius 2 is 2.15 bits per heavy atom. The first-order valence-electron chi connectivity index (χ1n) is 9.23. The number of likely N-dealkylation sites (tertiary alicyclic amines) is 1. The molecular weight excluding hydrogens is 332 g/mol. The van der Waals surface area contributed by atoms with E-state index in [2.05, 4.69) is 10.1 Å². The minimum atomic E-state index is -0.242. The molecule has 3 heterocycles. The van der Waals surface area contributed by atoms with Crippen molar-refractivity contribution in [3.8, 4) is 0 Å². The van der Waals surface area contributed by atoms with E-state index in [9.17, 15) is 9.59 Å². The van der Waals surface area contributed by atoms with Crippen LogP contribution in [0.1, 0.15) is 55.7 Å². The van der Waals surface area contributed by atoms with E-state index in [4.69, 9.17) is 4.74 Å². The summed E-state index contributed by atoms with van der Waals surface area (Å²) in [4.78, 5) is 31.4. The fraction of sp³-hybridized carbons (Fsp3) is 0.579. The number of nitrogens with zero attached hydrogens (tertiary/aromatic N) is 4. The molecule has 7 heteroatoms. The van der Waals surface area contributed by atoms with Gasteiger partial charge in [0.2, 0.25) is 0 Å². The number of piperidine rings is 1.